The predicted octanol–water partition coefficient (Wildman–Crippen LogP) is 2.80. The van der Waals surface area contributed by atoms with Crippen molar-refractivity contribution in [2.24, 2.45) is 0 Å². The first-order valence-electron chi connectivity index (χ1n) is 8.55. The molecule has 0 bridgehead atoms. The van der Waals surface area contributed by atoms with E-state index < -0.39 is 0 Å². The molecule has 4 nitrogen and oxygen atoms in total. The van der Waals surface area contributed by atoms with E-state index in [9.17, 15) is 4.79 Å². The van der Waals surface area contributed by atoms with Crippen molar-refractivity contribution in [2.75, 3.05) is 31.6 Å². The third-order valence-electron chi connectivity index (χ3n) is 4.57. The highest BCUT2D eigenvalue weighted by Crippen LogP contribution is 2.25. The number of amides is 1. The third kappa shape index (κ3) is 4.83. The molecule has 1 fully saturated rings. The first kappa shape index (κ1) is 17.5. The highest BCUT2D eigenvalue weighted by Gasteiger charge is 2.20. The largest absolute Gasteiger partial charge is 0.371 e. The lowest BCUT2D eigenvalue weighted by atomic mass is 10.1. The number of rotatable bonds is 7. The summed E-state index contributed by atoms with van der Waals surface area (Å²) in [5.74, 6) is 0.0443. The number of para-hydroxylation sites is 1. The van der Waals surface area contributed by atoms with E-state index in [2.05, 4.69) is 46.0 Å². The second-order valence-electron chi connectivity index (χ2n) is 6.30. The molecule has 2 rings (SSSR count). The Bertz CT molecular complexity index is 523. The van der Waals surface area contributed by atoms with Crippen molar-refractivity contribution in [3.63, 3.8) is 0 Å². The lowest BCUT2D eigenvalue weighted by Gasteiger charge is -2.32. The molecule has 1 aliphatic heterocycles. The number of piperidine rings is 1. The van der Waals surface area contributed by atoms with Crippen LogP contribution in [-0.4, -0.2) is 43.5 Å². The van der Waals surface area contributed by atoms with Crippen molar-refractivity contribution in [3.05, 3.63) is 42.5 Å². The average molecular weight is 315 g/mol. The molecule has 1 heterocycles. The summed E-state index contributed by atoms with van der Waals surface area (Å²) in [7, 11) is 2.01. The minimum Gasteiger partial charge on any atom is -0.371 e. The van der Waals surface area contributed by atoms with Crippen LogP contribution in [0, 0.1) is 0 Å². The van der Waals surface area contributed by atoms with Crippen LogP contribution in [-0.2, 0) is 11.3 Å². The molecule has 1 aromatic rings. The summed E-state index contributed by atoms with van der Waals surface area (Å²) in [4.78, 5) is 16.7. The van der Waals surface area contributed by atoms with Crippen LogP contribution >= 0.6 is 0 Å². The summed E-state index contributed by atoms with van der Waals surface area (Å²) in [5, 5.41) is 2.87. The molecule has 1 aliphatic rings. The number of carbonyl (C=O) groups is 1. The zero-order valence-corrected chi connectivity index (χ0v) is 14.4. The molecule has 1 saturated heterocycles. The van der Waals surface area contributed by atoms with Crippen molar-refractivity contribution in [1.82, 2.24) is 10.2 Å². The zero-order valence-electron chi connectivity index (χ0n) is 14.4. The SMILES string of the molecule is C=CCNC(=O)C(C)N(C)Cc1ccccc1N1CCCCC1. The molecule has 0 aromatic heterocycles. The number of hydrogen-bond donors (Lipinski definition) is 1. The number of nitrogens with zero attached hydrogens (tertiary/aromatic N) is 2. The van der Waals surface area contributed by atoms with E-state index in [0.717, 1.165) is 19.6 Å². The average Bonchev–Trinajstić information content (AvgIpc) is 2.60. The van der Waals surface area contributed by atoms with Gasteiger partial charge in [0.1, 0.15) is 0 Å². The van der Waals surface area contributed by atoms with Crippen LogP contribution in [0.3, 0.4) is 0 Å². The van der Waals surface area contributed by atoms with Gasteiger partial charge in [-0.05, 0) is 44.9 Å². The highest BCUT2D eigenvalue weighted by molar-refractivity contribution is 5.81. The maximum atomic E-state index is 12.1. The number of carbonyl (C=O) groups excluding carboxylic acids is 1. The van der Waals surface area contributed by atoms with E-state index in [1.165, 1.54) is 30.5 Å². The van der Waals surface area contributed by atoms with Crippen LogP contribution in [0.25, 0.3) is 0 Å². The Kier molecular flexibility index (Phi) is 6.66. The van der Waals surface area contributed by atoms with E-state index in [1.807, 2.05) is 14.0 Å². The molecule has 1 atom stereocenters. The molecule has 0 saturated carbocycles. The van der Waals surface area contributed by atoms with Gasteiger partial charge >= 0.3 is 0 Å². The van der Waals surface area contributed by atoms with Crippen LogP contribution < -0.4 is 10.2 Å². The summed E-state index contributed by atoms with van der Waals surface area (Å²) in [5.41, 5.74) is 2.61. The van der Waals surface area contributed by atoms with Crippen molar-refractivity contribution < 1.29 is 4.79 Å². The Hall–Kier alpha value is -1.81. The molecule has 1 amide bonds. The molecule has 1 unspecified atom stereocenters. The fourth-order valence-electron chi connectivity index (χ4n) is 3.01. The monoisotopic (exact) mass is 315 g/mol. The molecule has 126 valence electrons. The summed E-state index contributed by atoms with van der Waals surface area (Å²) < 4.78 is 0. The van der Waals surface area contributed by atoms with Crippen molar-refractivity contribution in [3.8, 4) is 0 Å². The third-order valence-corrected chi connectivity index (χ3v) is 4.57. The van der Waals surface area contributed by atoms with Crippen molar-refractivity contribution in [1.29, 1.82) is 0 Å². The molecule has 23 heavy (non-hydrogen) atoms. The first-order valence-corrected chi connectivity index (χ1v) is 8.55. The van der Waals surface area contributed by atoms with Gasteiger partial charge in [0.2, 0.25) is 5.91 Å². The summed E-state index contributed by atoms with van der Waals surface area (Å²) >= 11 is 0. The number of hydrogen-bond acceptors (Lipinski definition) is 3. The molecular weight excluding hydrogens is 286 g/mol. The fourth-order valence-corrected chi connectivity index (χ4v) is 3.01. The van der Waals surface area contributed by atoms with E-state index >= 15 is 0 Å². The van der Waals surface area contributed by atoms with Gasteiger partial charge in [-0.2, -0.15) is 0 Å². The molecule has 0 radical (unpaired) electrons. The van der Waals surface area contributed by atoms with Gasteiger partial charge in [-0.3, -0.25) is 9.69 Å². The van der Waals surface area contributed by atoms with Gasteiger partial charge in [0.15, 0.2) is 0 Å². The van der Waals surface area contributed by atoms with E-state index in [0.29, 0.717) is 6.54 Å². The van der Waals surface area contributed by atoms with Crippen molar-refractivity contribution in [2.45, 2.75) is 38.8 Å². The Morgan fingerprint density at radius 3 is 2.74 bits per heavy atom. The summed E-state index contributed by atoms with van der Waals surface area (Å²) in [6.45, 7) is 9.14. The smallest absolute Gasteiger partial charge is 0.237 e. The maximum Gasteiger partial charge on any atom is 0.237 e. The van der Waals surface area contributed by atoms with E-state index in [4.69, 9.17) is 0 Å². The van der Waals surface area contributed by atoms with E-state index in [1.54, 1.807) is 6.08 Å². The van der Waals surface area contributed by atoms with Gasteiger partial charge in [-0.15, -0.1) is 6.58 Å². The normalized spacial score (nSPS) is 16.2. The minimum atomic E-state index is -0.163. The summed E-state index contributed by atoms with van der Waals surface area (Å²) in [6, 6.07) is 8.41. The number of nitrogens with one attached hydrogen (secondary N) is 1. The highest BCUT2D eigenvalue weighted by atomic mass is 16.2. The number of anilines is 1. The quantitative estimate of drug-likeness (QED) is 0.786. The first-order chi connectivity index (χ1) is 11.1. The molecule has 1 aromatic carbocycles. The fraction of sp³-hybridized carbons (Fsp3) is 0.526. The van der Waals surface area contributed by atoms with Crippen LogP contribution in [0.1, 0.15) is 31.7 Å². The van der Waals surface area contributed by atoms with Gasteiger partial charge in [0.25, 0.3) is 0 Å². The maximum absolute atomic E-state index is 12.1. The standard InChI is InChI=1S/C19H29N3O/c1-4-12-20-19(23)16(2)21(3)15-17-10-6-7-11-18(17)22-13-8-5-9-14-22/h4,6-7,10-11,16H,1,5,8-9,12-15H2,2-3H3,(H,20,23). The molecule has 1 N–H and O–H groups in total. The summed E-state index contributed by atoms with van der Waals surface area (Å²) in [6.07, 6.45) is 5.57. The molecular formula is C19H29N3O. The predicted molar refractivity (Wildman–Crippen MR) is 96.6 cm³/mol. The van der Waals surface area contributed by atoms with Gasteiger partial charge in [-0.1, -0.05) is 24.3 Å². The van der Waals surface area contributed by atoms with Gasteiger partial charge in [0.05, 0.1) is 6.04 Å². The number of benzene rings is 1. The lowest BCUT2D eigenvalue weighted by molar-refractivity contribution is -0.125. The minimum absolute atomic E-state index is 0.0443. The second-order valence-corrected chi connectivity index (χ2v) is 6.30. The molecule has 0 aliphatic carbocycles. The lowest BCUT2D eigenvalue weighted by Crippen LogP contribution is -2.43. The zero-order chi connectivity index (χ0) is 16.7. The second kappa shape index (κ2) is 8.73. The van der Waals surface area contributed by atoms with Crippen molar-refractivity contribution >= 4 is 11.6 Å². The molecule has 4 heteroatoms. The van der Waals surface area contributed by atoms with Gasteiger partial charge < -0.3 is 10.2 Å². The van der Waals surface area contributed by atoms with Crippen LogP contribution in [0.15, 0.2) is 36.9 Å². The Labute approximate surface area is 140 Å². The van der Waals surface area contributed by atoms with Crippen LogP contribution in [0.2, 0.25) is 0 Å². The van der Waals surface area contributed by atoms with E-state index in [-0.39, 0.29) is 11.9 Å². The Morgan fingerprint density at radius 1 is 1.35 bits per heavy atom. The van der Waals surface area contributed by atoms with Crippen LogP contribution in [0.4, 0.5) is 5.69 Å². The Morgan fingerprint density at radius 2 is 2.04 bits per heavy atom. The Balaban J connectivity index is 2.04. The van der Waals surface area contributed by atoms with Crippen LogP contribution in [0.5, 0.6) is 0 Å². The van der Waals surface area contributed by atoms with Gasteiger partial charge in [-0.25, -0.2) is 0 Å². The molecule has 0 spiro atoms. The number of likely N-dealkylation sites (N-methyl/N-ethyl adjacent to an activating group) is 1. The topological polar surface area (TPSA) is 35.6 Å². The van der Waals surface area contributed by atoms with Gasteiger partial charge in [0, 0.05) is 31.9 Å².